The lowest BCUT2D eigenvalue weighted by Crippen LogP contribution is -2.26. The van der Waals surface area contributed by atoms with Crippen LogP contribution in [0.25, 0.3) is 0 Å². The standard InChI is InChI=1S/C21H25N5O6S/c1-12-17(20(32)24-11-9-16(29)30)33-21(26(12)2)25-19(31)14-7-5-13(6-8-14)18(22)23-10-3-4-15(27)28/h5-8H,3-4,9-11H2,1-2H3,(H2,22,23)(H,24,32)(H,27,28)(H,29,30). The largest absolute Gasteiger partial charge is 0.481 e. The predicted molar refractivity (Wildman–Crippen MR) is 121 cm³/mol. The van der Waals surface area contributed by atoms with Crippen molar-refractivity contribution in [2.75, 3.05) is 13.1 Å². The van der Waals surface area contributed by atoms with Gasteiger partial charge in [0, 0.05) is 43.4 Å². The van der Waals surface area contributed by atoms with Gasteiger partial charge in [-0.1, -0.05) is 23.5 Å². The second-order valence-electron chi connectivity index (χ2n) is 7.02. The van der Waals surface area contributed by atoms with Gasteiger partial charge in [0.25, 0.3) is 11.8 Å². The smallest absolute Gasteiger partial charge is 0.305 e. The highest BCUT2D eigenvalue weighted by atomic mass is 32.1. The van der Waals surface area contributed by atoms with E-state index in [0.717, 1.165) is 11.3 Å². The number of amides is 2. The molecule has 176 valence electrons. The van der Waals surface area contributed by atoms with E-state index in [-0.39, 0.29) is 31.8 Å². The first-order valence-electron chi connectivity index (χ1n) is 9.97. The Morgan fingerprint density at radius 3 is 2.27 bits per heavy atom. The van der Waals surface area contributed by atoms with Crippen LogP contribution in [0.2, 0.25) is 0 Å². The van der Waals surface area contributed by atoms with E-state index in [1.165, 1.54) is 0 Å². The number of nitrogens with two attached hydrogens (primary N) is 1. The van der Waals surface area contributed by atoms with Crippen LogP contribution >= 0.6 is 11.3 Å². The third kappa shape index (κ3) is 7.38. The topological polar surface area (TPSA) is 176 Å². The van der Waals surface area contributed by atoms with Gasteiger partial charge in [-0.25, -0.2) is 0 Å². The number of aliphatic carboxylic acids is 2. The fourth-order valence-corrected chi connectivity index (χ4v) is 3.69. The average molecular weight is 476 g/mol. The van der Waals surface area contributed by atoms with Gasteiger partial charge in [-0.05, 0) is 25.5 Å². The molecular formula is C21H25N5O6S. The van der Waals surface area contributed by atoms with Crippen LogP contribution in [0.15, 0.2) is 34.3 Å². The molecule has 12 heteroatoms. The lowest BCUT2D eigenvalue weighted by Gasteiger charge is -2.02. The fraction of sp³-hybridized carbons (Fsp3) is 0.333. The van der Waals surface area contributed by atoms with Crippen molar-refractivity contribution in [3.8, 4) is 0 Å². The Morgan fingerprint density at radius 2 is 1.67 bits per heavy atom. The van der Waals surface area contributed by atoms with Gasteiger partial charge in [-0.15, -0.1) is 0 Å². The highest BCUT2D eigenvalue weighted by Crippen LogP contribution is 2.12. The van der Waals surface area contributed by atoms with Crippen LogP contribution in [-0.4, -0.2) is 57.5 Å². The normalized spacial score (nSPS) is 11.9. The molecule has 0 aliphatic heterocycles. The molecule has 0 saturated heterocycles. The Bertz CT molecular complexity index is 1150. The number of hydrogen-bond acceptors (Lipinski definition) is 6. The molecule has 5 N–H and O–H groups in total. The van der Waals surface area contributed by atoms with E-state index in [0.29, 0.717) is 32.9 Å². The average Bonchev–Trinajstić information content (AvgIpc) is 3.04. The molecule has 11 nitrogen and oxygen atoms in total. The maximum atomic E-state index is 12.6. The summed E-state index contributed by atoms with van der Waals surface area (Å²) in [6.07, 6.45) is 0.199. The number of amidine groups is 1. The van der Waals surface area contributed by atoms with Crippen LogP contribution < -0.4 is 15.9 Å². The number of carboxylic acids is 2. The highest BCUT2D eigenvalue weighted by molar-refractivity contribution is 7.11. The number of benzene rings is 1. The SMILES string of the molecule is Cc1c(C(=O)NCCC(=O)O)sc(=NC(=O)c2ccc(C(N)=NCCCC(=O)O)cc2)n1C. The number of nitrogens with one attached hydrogen (secondary N) is 1. The molecule has 1 aromatic heterocycles. The monoisotopic (exact) mass is 475 g/mol. The number of thiazole rings is 1. The zero-order valence-electron chi connectivity index (χ0n) is 18.2. The molecule has 0 bridgehead atoms. The van der Waals surface area contributed by atoms with Crippen molar-refractivity contribution in [3.05, 3.63) is 50.8 Å². The van der Waals surface area contributed by atoms with E-state index in [1.54, 1.807) is 42.8 Å². The summed E-state index contributed by atoms with van der Waals surface area (Å²) < 4.78 is 1.62. The Kier molecular flexibility index (Phi) is 9.04. The highest BCUT2D eigenvalue weighted by Gasteiger charge is 2.16. The second kappa shape index (κ2) is 11.7. The minimum atomic E-state index is -1.01. The molecule has 1 heterocycles. The summed E-state index contributed by atoms with van der Waals surface area (Å²) in [5.74, 6) is -2.59. The van der Waals surface area contributed by atoms with Gasteiger partial charge in [0.15, 0.2) is 4.80 Å². The quantitative estimate of drug-likeness (QED) is 0.224. The van der Waals surface area contributed by atoms with Crippen LogP contribution in [0.1, 0.15) is 50.5 Å². The van der Waals surface area contributed by atoms with Crippen LogP contribution in [0, 0.1) is 6.92 Å². The molecule has 0 aliphatic carbocycles. The van der Waals surface area contributed by atoms with Crippen molar-refractivity contribution in [2.45, 2.75) is 26.2 Å². The molecular weight excluding hydrogens is 450 g/mol. The maximum Gasteiger partial charge on any atom is 0.305 e. The molecule has 0 radical (unpaired) electrons. The molecule has 2 rings (SSSR count). The summed E-state index contributed by atoms with van der Waals surface area (Å²) in [5.41, 5.74) is 7.41. The summed E-state index contributed by atoms with van der Waals surface area (Å²) >= 11 is 1.03. The van der Waals surface area contributed by atoms with Crippen molar-refractivity contribution in [1.82, 2.24) is 9.88 Å². The number of carbonyl (C=O) groups is 4. The van der Waals surface area contributed by atoms with E-state index in [1.807, 2.05) is 0 Å². The lowest BCUT2D eigenvalue weighted by molar-refractivity contribution is -0.138. The zero-order chi connectivity index (χ0) is 24.5. The first-order valence-corrected chi connectivity index (χ1v) is 10.8. The van der Waals surface area contributed by atoms with E-state index < -0.39 is 23.8 Å². The van der Waals surface area contributed by atoms with E-state index >= 15 is 0 Å². The molecule has 0 fully saturated rings. The van der Waals surface area contributed by atoms with Crippen molar-refractivity contribution in [3.63, 3.8) is 0 Å². The van der Waals surface area contributed by atoms with Crippen molar-refractivity contribution < 1.29 is 29.4 Å². The summed E-state index contributed by atoms with van der Waals surface area (Å²) in [4.78, 5) is 54.9. The number of aliphatic imine (C=N–C) groups is 1. The van der Waals surface area contributed by atoms with E-state index in [9.17, 15) is 19.2 Å². The molecule has 2 aromatic rings. The van der Waals surface area contributed by atoms with Crippen LogP contribution in [0.3, 0.4) is 0 Å². The molecule has 0 spiro atoms. The molecule has 0 aliphatic rings. The zero-order valence-corrected chi connectivity index (χ0v) is 19.0. The lowest BCUT2D eigenvalue weighted by atomic mass is 10.1. The predicted octanol–water partition coefficient (Wildman–Crippen LogP) is 0.911. The molecule has 33 heavy (non-hydrogen) atoms. The molecule has 0 saturated carbocycles. The first kappa shape index (κ1) is 25.5. The first-order chi connectivity index (χ1) is 15.6. The molecule has 1 aromatic carbocycles. The Hall–Kier alpha value is -3.80. The van der Waals surface area contributed by atoms with Gasteiger partial charge in [0.05, 0.1) is 6.42 Å². The minimum absolute atomic E-state index is 0.00102. The van der Waals surface area contributed by atoms with Gasteiger partial charge < -0.3 is 25.8 Å². The molecule has 2 amide bonds. The van der Waals surface area contributed by atoms with Crippen molar-refractivity contribution in [2.24, 2.45) is 22.8 Å². The van der Waals surface area contributed by atoms with Crippen LogP contribution in [0.4, 0.5) is 0 Å². The Balaban J connectivity index is 2.13. The number of aromatic nitrogens is 1. The van der Waals surface area contributed by atoms with Gasteiger partial charge in [-0.3, -0.25) is 24.2 Å². The molecule has 0 unspecified atom stereocenters. The van der Waals surface area contributed by atoms with E-state index in [4.69, 9.17) is 15.9 Å². The van der Waals surface area contributed by atoms with Crippen LogP contribution in [0.5, 0.6) is 0 Å². The fourth-order valence-electron chi connectivity index (χ4n) is 2.66. The van der Waals surface area contributed by atoms with Gasteiger partial charge in [0.2, 0.25) is 0 Å². The van der Waals surface area contributed by atoms with Gasteiger partial charge in [-0.2, -0.15) is 4.99 Å². The molecule has 0 atom stereocenters. The Labute approximate surface area is 193 Å². The summed E-state index contributed by atoms with van der Waals surface area (Å²) in [6.45, 7) is 1.99. The van der Waals surface area contributed by atoms with E-state index in [2.05, 4.69) is 15.3 Å². The number of hydrogen-bond donors (Lipinski definition) is 4. The summed E-state index contributed by atoms with van der Waals surface area (Å²) in [5, 5.41) is 19.9. The van der Waals surface area contributed by atoms with Crippen LogP contribution in [-0.2, 0) is 16.6 Å². The minimum Gasteiger partial charge on any atom is -0.481 e. The van der Waals surface area contributed by atoms with Crippen molar-refractivity contribution in [1.29, 1.82) is 0 Å². The number of nitrogens with zero attached hydrogens (tertiary/aromatic N) is 3. The van der Waals surface area contributed by atoms with Crippen molar-refractivity contribution >= 4 is 40.9 Å². The number of carboxylic acid groups (broad SMARTS) is 2. The third-order valence-corrected chi connectivity index (χ3v) is 5.83. The summed E-state index contributed by atoms with van der Waals surface area (Å²) in [6, 6.07) is 6.36. The second-order valence-corrected chi connectivity index (χ2v) is 7.99. The third-order valence-electron chi connectivity index (χ3n) is 4.60. The summed E-state index contributed by atoms with van der Waals surface area (Å²) in [7, 11) is 1.68. The van der Waals surface area contributed by atoms with Gasteiger partial charge in [0.1, 0.15) is 10.7 Å². The number of carbonyl (C=O) groups excluding carboxylic acids is 2. The number of rotatable bonds is 10. The van der Waals surface area contributed by atoms with Gasteiger partial charge >= 0.3 is 11.9 Å². The Morgan fingerprint density at radius 1 is 1.06 bits per heavy atom. The maximum absolute atomic E-state index is 12.6.